The molecule has 2 rings (SSSR count). The third-order valence-corrected chi connectivity index (χ3v) is 7.53. The van der Waals surface area contributed by atoms with Crippen molar-refractivity contribution < 1.29 is 17.7 Å². The Bertz CT molecular complexity index is 855. The van der Waals surface area contributed by atoms with Crippen LogP contribution in [0.5, 0.6) is 0 Å². The summed E-state index contributed by atoms with van der Waals surface area (Å²) in [7, 11) is -2.19. The minimum Gasteiger partial charge on any atom is -0.321 e. The highest BCUT2D eigenvalue weighted by molar-refractivity contribution is 7.93. The largest absolute Gasteiger partial charge is 0.321 e. The number of piperidine rings is 1. The fourth-order valence-corrected chi connectivity index (χ4v) is 5.31. The van der Waals surface area contributed by atoms with E-state index in [9.17, 15) is 28.2 Å². The molecule has 1 aliphatic rings. The third-order valence-electron chi connectivity index (χ3n) is 4.86. The molecule has 1 aromatic carbocycles. The summed E-state index contributed by atoms with van der Waals surface area (Å²) in [5, 5.41) is 20.5. The van der Waals surface area contributed by atoms with E-state index in [1.165, 1.54) is 6.92 Å². The molecule has 1 aromatic rings. The number of likely N-dealkylation sites (tertiary alicyclic amines) is 1. The van der Waals surface area contributed by atoms with Gasteiger partial charge < -0.3 is 10.6 Å². The monoisotopic (exact) mass is 384 g/mol. The van der Waals surface area contributed by atoms with E-state index in [4.69, 9.17) is 5.73 Å². The zero-order valence-electron chi connectivity index (χ0n) is 14.6. The quantitative estimate of drug-likeness (QED) is 0.598. The van der Waals surface area contributed by atoms with Crippen molar-refractivity contribution in [3.8, 4) is 6.07 Å². The van der Waals surface area contributed by atoms with Gasteiger partial charge in [0.15, 0.2) is 14.6 Å². The predicted octanol–water partition coefficient (Wildman–Crippen LogP) is 1.31. The number of rotatable bonds is 5. The second-order valence-electron chi connectivity index (χ2n) is 7.01. The molecule has 1 aliphatic heterocycles. The fourth-order valence-electron chi connectivity index (χ4n) is 3.15. The molecular weight excluding hydrogens is 363 g/mol. The number of sulfone groups is 1. The lowest BCUT2D eigenvalue weighted by atomic mass is 9.94. The summed E-state index contributed by atoms with van der Waals surface area (Å²) in [6.45, 7) is 2.19. The maximum Gasteiger partial charge on any atom is 0.269 e. The zero-order valence-corrected chi connectivity index (χ0v) is 15.4. The van der Waals surface area contributed by atoms with Crippen LogP contribution in [-0.2, 0) is 15.4 Å². The molecule has 0 aliphatic carbocycles. The van der Waals surface area contributed by atoms with E-state index in [1.807, 2.05) is 18.0 Å². The summed E-state index contributed by atoms with van der Waals surface area (Å²) >= 11 is 0. The molecule has 1 unspecified atom stereocenters. The van der Waals surface area contributed by atoms with Crippen LogP contribution in [-0.4, -0.2) is 48.9 Å². The Kier molecular flexibility index (Phi) is 5.37. The van der Waals surface area contributed by atoms with Gasteiger partial charge in [0.1, 0.15) is 5.82 Å². The normalized spacial score (nSPS) is 20.1. The van der Waals surface area contributed by atoms with Gasteiger partial charge in [0.25, 0.3) is 5.69 Å². The van der Waals surface area contributed by atoms with E-state index in [0.29, 0.717) is 13.1 Å². The van der Waals surface area contributed by atoms with Crippen LogP contribution >= 0.6 is 0 Å². The number of hydrogen-bond donors (Lipinski definition) is 1. The molecule has 8 nitrogen and oxygen atoms in total. The van der Waals surface area contributed by atoms with Crippen molar-refractivity contribution in [2.75, 3.05) is 25.9 Å². The number of nitro benzene ring substituents is 1. The highest BCUT2D eigenvalue weighted by Gasteiger charge is 2.48. The van der Waals surface area contributed by atoms with Crippen LogP contribution in [0.1, 0.15) is 25.3 Å². The van der Waals surface area contributed by atoms with Gasteiger partial charge in [0.05, 0.1) is 22.3 Å². The lowest BCUT2D eigenvalue weighted by molar-refractivity contribution is -0.385. The second-order valence-corrected chi connectivity index (χ2v) is 9.31. The van der Waals surface area contributed by atoms with Gasteiger partial charge in [-0.25, -0.2) is 12.8 Å². The van der Waals surface area contributed by atoms with Gasteiger partial charge in [-0.1, -0.05) is 0 Å². The molecule has 1 heterocycles. The average Bonchev–Trinajstić information content (AvgIpc) is 2.54. The SMILES string of the molecule is CN1CCC(C#N)(S(=O)(=O)CC(C)(N)c2cc([N+](=O)[O-])ccc2F)CC1. The van der Waals surface area contributed by atoms with E-state index in [0.717, 1.165) is 18.2 Å². The molecule has 0 spiro atoms. The van der Waals surface area contributed by atoms with Gasteiger partial charge >= 0.3 is 0 Å². The molecule has 2 N–H and O–H groups in total. The minimum absolute atomic E-state index is 0.135. The Morgan fingerprint density at radius 1 is 1.46 bits per heavy atom. The maximum absolute atomic E-state index is 14.2. The average molecular weight is 384 g/mol. The van der Waals surface area contributed by atoms with Gasteiger partial charge in [-0.3, -0.25) is 10.1 Å². The summed E-state index contributed by atoms with van der Waals surface area (Å²) in [4.78, 5) is 12.1. The number of nitro groups is 1. The van der Waals surface area contributed by atoms with Gasteiger partial charge in [0, 0.05) is 30.8 Å². The molecule has 0 bridgehead atoms. The van der Waals surface area contributed by atoms with Crippen molar-refractivity contribution in [3.05, 3.63) is 39.7 Å². The van der Waals surface area contributed by atoms with Gasteiger partial charge in [0.2, 0.25) is 0 Å². The zero-order chi connectivity index (χ0) is 19.8. The third kappa shape index (κ3) is 3.70. The number of hydrogen-bond acceptors (Lipinski definition) is 7. The highest BCUT2D eigenvalue weighted by Crippen LogP contribution is 2.35. The van der Waals surface area contributed by atoms with Gasteiger partial charge in [-0.05, 0) is 32.9 Å². The van der Waals surface area contributed by atoms with E-state index in [2.05, 4.69) is 0 Å². The standard InChI is InChI=1S/C16H21FN4O4S/c1-15(19,13-9-12(21(22)23)3-4-14(13)17)11-26(24,25)16(10-18)5-7-20(2)8-6-16/h3-4,9H,5-8,11,19H2,1-2H3. The number of halogens is 1. The first-order valence-electron chi connectivity index (χ1n) is 7.99. The number of nitrogens with two attached hydrogens (primary N) is 1. The van der Waals surface area contributed by atoms with E-state index < -0.39 is 36.6 Å². The molecule has 26 heavy (non-hydrogen) atoms. The van der Waals surface area contributed by atoms with Crippen LogP contribution in [0.4, 0.5) is 10.1 Å². The van der Waals surface area contributed by atoms with Gasteiger partial charge in [-0.15, -0.1) is 0 Å². The summed E-state index contributed by atoms with van der Waals surface area (Å²) < 4.78 is 38.6. The lowest BCUT2D eigenvalue weighted by Crippen LogP contribution is -2.52. The Balaban J connectivity index is 2.40. The fraction of sp³-hybridized carbons (Fsp3) is 0.562. The summed E-state index contributed by atoms with van der Waals surface area (Å²) in [5.74, 6) is -1.51. The van der Waals surface area contributed by atoms with Crippen molar-refractivity contribution in [2.45, 2.75) is 30.1 Å². The van der Waals surface area contributed by atoms with Crippen LogP contribution in [0.3, 0.4) is 0 Å². The Morgan fingerprint density at radius 3 is 2.54 bits per heavy atom. The van der Waals surface area contributed by atoms with Crippen molar-refractivity contribution in [2.24, 2.45) is 5.73 Å². The summed E-state index contributed by atoms with van der Waals surface area (Å²) in [5.41, 5.74) is 3.71. The van der Waals surface area contributed by atoms with Crippen LogP contribution in [0.15, 0.2) is 18.2 Å². The number of nitriles is 1. The second kappa shape index (κ2) is 6.90. The van der Waals surface area contributed by atoms with Gasteiger partial charge in [-0.2, -0.15) is 5.26 Å². The molecule has 1 saturated heterocycles. The first-order chi connectivity index (χ1) is 11.9. The van der Waals surface area contributed by atoms with Crippen molar-refractivity contribution in [1.29, 1.82) is 5.26 Å². The molecular formula is C16H21FN4O4S. The Hall–Kier alpha value is -2.09. The first-order valence-corrected chi connectivity index (χ1v) is 9.65. The summed E-state index contributed by atoms with van der Waals surface area (Å²) in [6.07, 6.45) is 0.270. The molecule has 0 amide bonds. The van der Waals surface area contributed by atoms with E-state index in [1.54, 1.807) is 0 Å². The van der Waals surface area contributed by atoms with E-state index >= 15 is 0 Å². The molecule has 1 atom stereocenters. The van der Waals surface area contributed by atoms with Crippen molar-refractivity contribution in [3.63, 3.8) is 0 Å². The van der Waals surface area contributed by atoms with Crippen molar-refractivity contribution in [1.82, 2.24) is 4.90 Å². The lowest BCUT2D eigenvalue weighted by Gasteiger charge is -2.37. The number of nitrogens with zero attached hydrogens (tertiary/aromatic N) is 3. The molecule has 142 valence electrons. The van der Waals surface area contributed by atoms with Crippen LogP contribution in [0.25, 0.3) is 0 Å². The van der Waals surface area contributed by atoms with Crippen LogP contribution < -0.4 is 5.73 Å². The van der Waals surface area contributed by atoms with Crippen LogP contribution in [0, 0.1) is 27.3 Å². The molecule has 0 radical (unpaired) electrons. The molecule has 10 heteroatoms. The highest BCUT2D eigenvalue weighted by atomic mass is 32.2. The maximum atomic E-state index is 14.2. The number of benzene rings is 1. The molecule has 0 aromatic heterocycles. The Labute approximate surface area is 151 Å². The smallest absolute Gasteiger partial charge is 0.269 e. The topological polar surface area (TPSA) is 130 Å². The predicted molar refractivity (Wildman–Crippen MR) is 93.5 cm³/mol. The number of non-ortho nitro benzene ring substituents is 1. The Morgan fingerprint density at radius 2 is 2.04 bits per heavy atom. The molecule has 0 saturated carbocycles. The van der Waals surface area contributed by atoms with E-state index in [-0.39, 0.29) is 24.1 Å². The van der Waals surface area contributed by atoms with Crippen LogP contribution in [0.2, 0.25) is 0 Å². The minimum atomic E-state index is -4.02. The summed E-state index contributed by atoms with van der Waals surface area (Å²) in [6, 6.07) is 4.74. The van der Waals surface area contributed by atoms with Crippen molar-refractivity contribution >= 4 is 15.5 Å². The first kappa shape index (κ1) is 20.2. The molecule has 1 fully saturated rings.